The SMILES string of the molecule is Cc1ccc([C@H]2C[C@@]3(CC(C)(C)NC(=O)N3)Oc3cc(O)c(Cl)cc32)cc1. The summed E-state index contributed by atoms with van der Waals surface area (Å²) < 4.78 is 6.29. The molecule has 142 valence electrons. The summed E-state index contributed by atoms with van der Waals surface area (Å²) in [6.45, 7) is 6.01. The van der Waals surface area contributed by atoms with Crippen molar-refractivity contribution in [3.05, 3.63) is 58.1 Å². The van der Waals surface area contributed by atoms with E-state index >= 15 is 0 Å². The molecule has 6 heteroatoms. The van der Waals surface area contributed by atoms with Crippen molar-refractivity contribution in [1.29, 1.82) is 0 Å². The molecule has 0 bridgehead atoms. The molecule has 2 aliphatic heterocycles. The highest BCUT2D eigenvalue weighted by molar-refractivity contribution is 6.32. The second kappa shape index (κ2) is 6.06. The molecule has 5 nitrogen and oxygen atoms in total. The molecule has 1 spiro atoms. The quantitative estimate of drug-likeness (QED) is 0.678. The van der Waals surface area contributed by atoms with Gasteiger partial charge in [0.05, 0.1) is 5.02 Å². The molecule has 0 aromatic heterocycles. The number of hydrogen-bond acceptors (Lipinski definition) is 3. The van der Waals surface area contributed by atoms with Crippen LogP contribution in [0.15, 0.2) is 36.4 Å². The van der Waals surface area contributed by atoms with Crippen LogP contribution >= 0.6 is 11.6 Å². The first-order valence-corrected chi connectivity index (χ1v) is 9.43. The van der Waals surface area contributed by atoms with Crippen molar-refractivity contribution in [3.8, 4) is 11.5 Å². The minimum Gasteiger partial charge on any atom is -0.506 e. The first kappa shape index (κ1) is 18.0. The fraction of sp³-hybridized carbons (Fsp3) is 0.381. The predicted octanol–water partition coefficient (Wildman–Crippen LogP) is 4.45. The van der Waals surface area contributed by atoms with E-state index in [0.29, 0.717) is 23.6 Å². The van der Waals surface area contributed by atoms with E-state index in [2.05, 4.69) is 34.9 Å². The Morgan fingerprint density at radius 2 is 1.89 bits per heavy atom. The normalized spacial score (nSPS) is 25.9. The fourth-order valence-corrected chi connectivity index (χ4v) is 4.41. The van der Waals surface area contributed by atoms with Crippen molar-refractivity contribution in [1.82, 2.24) is 10.6 Å². The largest absolute Gasteiger partial charge is 0.506 e. The van der Waals surface area contributed by atoms with Crippen LogP contribution in [0.1, 0.15) is 49.3 Å². The van der Waals surface area contributed by atoms with E-state index in [0.717, 1.165) is 11.1 Å². The van der Waals surface area contributed by atoms with Gasteiger partial charge in [-0.2, -0.15) is 0 Å². The summed E-state index contributed by atoms with van der Waals surface area (Å²) in [5.74, 6) is 0.503. The van der Waals surface area contributed by atoms with E-state index in [4.69, 9.17) is 16.3 Å². The molecule has 2 heterocycles. The number of phenolic OH excluding ortho intramolecular Hbond substituents is 1. The van der Waals surface area contributed by atoms with E-state index < -0.39 is 11.3 Å². The molecule has 2 aliphatic rings. The standard InChI is InChI=1S/C21H23ClN2O3/c1-12-4-6-13(7-5-12)15-10-21(11-20(2,3)23-19(26)24-21)27-18-9-17(25)16(22)8-14(15)18/h4-9,15,25H,10-11H2,1-3H3,(H2,23,24,26)/t15-,21+/m1/s1. The molecule has 2 aromatic carbocycles. The molecule has 2 amide bonds. The van der Waals surface area contributed by atoms with E-state index in [1.54, 1.807) is 12.1 Å². The van der Waals surface area contributed by atoms with Crippen LogP contribution in [-0.4, -0.2) is 22.4 Å². The lowest BCUT2D eigenvalue weighted by Gasteiger charge is -2.49. The predicted molar refractivity (Wildman–Crippen MR) is 104 cm³/mol. The molecule has 0 aliphatic carbocycles. The number of aromatic hydroxyl groups is 1. The van der Waals surface area contributed by atoms with Crippen LogP contribution in [0.2, 0.25) is 5.02 Å². The van der Waals surface area contributed by atoms with Crippen LogP contribution in [0.4, 0.5) is 4.79 Å². The lowest BCUT2D eigenvalue weighted by atomic mass is 9.77. The minimum absolute atomic E-state index is 0.0124. The molecule has 1 saturated heterocycles. The Bertz CT molecular complexity index is 910. The molecule has 1 fully saturated rings. The van der Waals surface area contributed by atoms with Crippen LogP contribution < -0.4 is 15.4 Å². The maximum absolute atomic E-state index is 12.3. The van der Waals surface area contributed by atoms with Gasteiger partial charge in [0.2, 0.25) is 0 Å². The smallest absolute Gasteiger partial charge is 0.318 e. The monoisotopic (exact) mass is 386 g/mol. The van der Waals surface area contributed by atoms with Crippen molar-refractivity contribution in [2.24, 2.45) is 0 Å². The first-order valence-electron chi connectivity index (χ1n) is 9.05. The van der Waals surface area contributed by atoms with E-state index in [9.17, 15) is 9.90 Å². The minimum atomic E-state index is -0.853. The van der Waals surface area contributed by atoms with Crippen molar-refractivity contribution in [2.45, 2.75) is 50.8 Å². The van der Waals surface area contributed by atoms with Crippen molar-refractivity contribution >= 4 is 17.6 Å². The van der Waals surface area contributed by atoms with Gasteiger partial charge in [0.15, 0.2) is 5.72 Å². The third-order valence-electron chi connectivity index (χ3n) is 5.29. The summed E-state index contributed by atoms with van der Waals surface area (Å²) >= 11 is 6.18. The number of urea groups is 1. The van der Waals surface area contributed by atoms with Crippen molar-refractivity contribution in [3.63, 3.8) is 0 Å². The maximum atomic E-state index is 12.3. The molecule has 2 aromatic rings. The molecule has 27 heavy (non-hydrogen) atoms. The van der Waals surface area contributed by atoms with Gasteiger partial charge in [-0.25, -0.2) is 4.79 Å². The Balaban J connectivity index is 1.84. The van der Waals surface area contributed by atoms with Crippen LogP contribution in [0.3, 0.4) is 0 Å². The number of amides is 2. The molecule has 2 atom stereocenters. The molecule has 3 N–H and O–H groups in total. The van der Waals surface area contributed by atoms with Gasteiger partial charge >= 0.3 is 6.03 Å². The Kier molecular flexibility index (Phi) is 4.04. The van der Waals surface area contributed by atoms with E-state index in [1.807, 2.05) is 20.8 Å². The number of carbonyl (C=O) groups is 1. The Morgan fingerprint density at radius 3 is 2.56 bits per heavy atom. The Morgan fingerprint density at radius 1 is 1.19 bits per heavy atom. The van der Waals surface area contributed by atoms with Crippen LogP contribution in [-0.2, 0) is 0 Å². The number of aryl methyl sites for hydroxylation is 1. The fourth-order valence-electron chi connectivity index (χ4n) is 4.24. The second-order valence-corrected chi connectivity index (χ2v) is 8.65. The number of nitrogens with one attached hydrogen (secondary N) is 2. The zero-order valence-electron chi connectivity index (χ0n) is 15.6. The summed E-state index contributed by atoms with van der Waals surface area (Å²) in [6, 6.07) is 11.4. The highest BCUT2D eigenvalue weighted by Crippen LogP contribution is 2.49. The van der Waals surface area contributed by atoms with Gasteiger partial charge < -0.3 is 20.5 Å². The summed E-state index contributed by atoms with van der Waals surface area (Å²) in [7, 11) is 0. The van der Waals surface area contributed by atoms with E-state index in [-0.39, 0.29) is 17.7 Å². The number of fused-ring (bicyclic) bond motifs is 1. The summed E-state index contributed by atoms with van der Waals surface area (Å²) in [5, 5.41) is 16.3. The lowest BCUT2D eigenvalue weighted by Crippen LogP contribution is -2.69. The number of phenols is 1. The third-order valence-corrected chi connectivity index (χ3v) is 5.60. The average molecular weight is 387 g/mol. The van der Waals surface area contributed by atoms with Crippen LogP contribution in [0.25, 0.3) is 0 Å². The molecule has 0 radical (unpaired) electrons. The lowest BCUT2D eigenvalue weighted by molar-refractivity contribution is -0.0236. The number of halogens is 1. The molecular weight excluding hydrogens is 364 g/mol. The molecule has 4 rings (SSSR count). The zero-order valence-corrected chi connectivity index (χ0v) is 16.4. The first-order chi connectivity index (χ1) is 12.7. The van der Waals surface area contributed by atoms with Gasteiger partial charge in [-0.15, -0.1) is 0 Å². The second-order valence-electron chi connectivity index (χ2n) is 8.24. The highest BCUT2D eigenvalue weighted by Gasteiger charge is 2.49. The number of ether oxygens (including phenoxy) is 1. The van der Waals surface area contributed by atoms with Gasteiger partial charge in [-0.3, -0.25) is 0 Å². The van der Waals surface area contributed by atoms with Crippen LogP contribution in [0.5, 0.6) is 11.5 Å². The van der Waals surface area contributed by atoms with Crippen LogP contribution in [0, 0.1) is 6.92 Å². The van der Waals surface area contributed by atoms with Gasteiger partial charge in [-0.1, -0.05) is 41.4 Å². The number of rotatable bonds is 1. The number of benzene rings is 2. The summed E-state index contributed by atoms with van der Waals surface area (Å²) in [4.78, 5) is 12.3. The Hall–Kier alpha value is -2.40. The number of carbonyl (C=O) groups excluding carboxylic acids is 1. The Labute approximate surface area is 163 Å². The molecule has 0 saturated carbocycles. The van der Waals surface area contributed by atoms with Crippen molar-refractivity contribution < 1.29 is 14.6 Å². The van der Waals surface area contributed by atoms with Gasteiger partial charge in [0.1, 0.15) is 11.5 Å². The summed E-state index contributed by atoms with van der Waals surface area (Å²) in [6.07, 6.45) is 1.18. The summed E-state index contributed by atoms with van der Waals surface area (Å²) in [5.41, 5.74) is 1.95. The zero-order chi connectivity index (χ0) is 19.4. The van der Waals surface area contributed by atoms with Gasteiger partial charge in [-0.05, 0) is 32.4 Å². The maximum Gasteiger partial charge on any atom is 0.318 e. The van der Waals surface area contributed by atoms with Gasteiger partial charge in [0, 0.05) is 35.9 Å². The van der Waals surface area contributed by atoms with E-state index in [1.165, 1.54) is 5.56 Å². The number of hydrogen-bond donors (Lipinski definition) is 3. The molecular formula is C21H23ClN2O3. The van der Waals surface area contributed by atoms with Gasteiger partial charge in [0.25, 0.3) is 0 Å². The van der Waals surface area contributed by atoms with Crippen molar-refractivity contribution in [2.75, 3.05) is 0 Å². The average Bonchev–Trinajstić information content (AvgIpc) is 2.54. The topological polar surface area (TPSA) is 70.6 Å². The molecule has 0 unspecified atom stereocenters. The third kappa shape index (κ3) is 3.32. The highest BCUT2D eigenvalue weighted by atomic mass is 35.5.